The van der Waals surface area contributed by atoms with Crippen molar-refractivity contribution in [2.45, 2.75) is 17.7 Å². The Balaban J connectivity index is 2.24. The molecule has 5 nitrogen and oxygen atoms in total. The first-order valence-electron chi connectivity index (χ1n) is 6.01. The van der Waals surface area contributed by atoms with E-state index in [9.17, 15) is 8.42 Å². The number of piperidine rings is 1. The molecule has 1 aliphatic rings. The SMILES string of the molecule is N=C(N)[C@@H]1CCCN(S(=O)(=O)c2ccc(Cl)cc2)C1. The van der Waals surface area contributed by atoms with E-state index in [0.717, 1.165) is 12.8 Å². The number of sulfonamides is 1. The first kappa shape index (κ1) is 14.3. The second-order valence-electron chi connectivity index (χ2n) is 4.61. The number of hydrogen-bond acceptors (Lipinski definition) is 3. The lowest BCUT2D eigenvalue weighted by molar-refractivity contribution is 0.310. The summed E-state index contributed by atoms with van der Waals surface area (Å²) in [6.45, 7) is 0.745. The molecule has 0 spiro atoms. The van der Waals surface area contributed by atoms with Crippen LogP contribution in [0, 0.1) is 11.3 Å². The van der Waals surface area contributed by atoms with Gasteiger partial charge in [-0.15, -0.1) is 0 Å². The van der Waals surface area contributed by atoms with Gasteiger partial charge in [-0.05, 0) is 37.1 Å². The molecule has 0 aliphatic carbocycles. The van der Waals surface area contributed by atoms with Crippen molar-refractivity contribution in [3.05, 3.63) is 29.3 Å². The van der Waals surface area contributed by atoms with Crippen LogP contribution in [0.3, 0.4) is 0 Å². The highest BCUT2D eigenvalue weighted by Gasteiger charge is 2.31. The predicted octanol–water partition coefficient (Wildman–Crippen LogP) is 1.68. The van der Waals surface area contributed by atoms with Crippen molar-refractivity contribution in [1.29, 1.82) is 5.41 Å². The smallest absolute Gasteiger partial charge is 0.243 e. The molecule has 104 valence electrons. The van der Waals surface area contributed by atoms with Gasteiger partial charge in [-0.3, -0.25) is 5.41 Å². The van der Waals surface area contributed by atoms with Crippen molar-refractivity contribution in [1.82, 2.24) is 4.31 Å². The minimum atomic E-state index is -3.52. The summed E-state index contributed by atoms with van der Waals surface area (Å²) in [5.74, 6) is -0.133. The van der Waals surface area contributed by atoms with Crippen molar-refractivity contribution in [3.63, 3.8) is 0 Å². The van der Waals surface area contributed by atoms with Crippen LogP contribution in [0.15, 0.2) is 29.2 Å². The molecule has 0 aromatic heterocycles. The minimum Gasteiger partial charge on any atom is -0.387 e. The van der Waals surface area contributed by atoms with Crippen LogP contribution < -0.4 is 5.73 Å². The minimum absolute atomic E-state index is 0.0519. The number of rotatable bonds is 3. The van der Waals surface area contributed by atoms with Gasteiger partial charge in [-0.1, -0.05) is 11.6 Å². The average molecular weight is 302 g/mol. The van der Waals surface area contributed by atoms with Gasteiger partial charge in [-0.2, -0.15) is 4.31 Å². The molecular formula is C12H16ClN3O2S. The van der Waals surface area contributed by atoms with Crippen molar-refractivity contribution in [2.75, 3.05) is 13.1 Å². The van der Waals surface area contributed by atoms with Gasteiger partial charge in [0.15, 0.2) is 0 Å². The molecule has 1 aliphatic heterocycles. The van der Waals surface area contributed by atoms with Gasteiger partial charge in [0.05, 0.1) is 10.7 Å². The van der Waals surface area contributed by atoms with Crippen LogP contribution in [0.25, 0.3) is 0 Å². The monoisotopic (exact) mass is 301 g/mol. The van der Waals surface area contributed by atoms with Crippen molar-refractivity contribution < 1.29 is 8.42 Å². The van der Waals surface area contributed by atoms with Crippen LogP contribution in [0.1, 0.15) is 12.8 Å². The zero-order valence-corrected chi connectivity index (χ0v) is 11.9. The highest BCUT2D eigenvalue weighted by atomic mass is 35.5. The molecule has 1 atom stereocenters. The van der Waals surface area contributed by atoms with E-state index in [2.05, 4.69) is 0 Å². The Bertz CT molecular complexity index is 571. The molecule has 0 amide bonds. The largest absolute Gasteiger partial charge is 0.387 e. The van der Waals surface area contributed by atoms with E-state index in [4.69, 9.17) is 22.7 Å². The zero-order valence-electron chi connectivity index (χ0n) is 10.3. The molecule has 1 fully saturated rings. The third-order valence-electron chi connectivity index (χ3n) is 3.28. The summed E-state index contributed by atoms with van der Waals surface area (Å²) in [6, 6.07) is 6.10. The fourth-order valence-corrected chi connectivity index (χ4v) is 3.82. The Hall–Kier alpha value is -1.11. The number of amidine groups is 1. The van der Waals surface area contributed by atoms with E-state index in [1.54, 1.807) is 12.1 Å². The van der Waals surface area contributed by atoms with Gasteiger partial charge in [-0.25, -0.2) is 8.42 Å². The fourth-order valence-electron chi connectivity index (χ4n) is 2.17. The second-order valence-corrected chi connectivity index (χ2v) is 6.99. The summed E-state index contributed by atoms with van der Waals surface area (Å²) in [5, 5.41) is 7.95. The topological polar surface area (TPSA) is 87.2 Å². The van der Waals surface area contributed by atoms with Gasteiger partial charge in [0, 0.05) is 24.0 Å². The molecule has 1 saturated heterocycles. The van der Waals surface area contributed by atoms with Crippen molar-refractivity contribution in [2.24, 2.45) is 11.7 Å². The van der Waals surface area contributed by atoms with Gasteiger partial charge in [0.2, 0.25) is 10.0 Å². The number of nitrogens with zero attached hydrogens (tertiary/aromatic N) is 1. The molecule has 0 radical (unpaired) electrons. The Morgan fingerprint density at radius 2 is 2.00 bits per heavy atom. The highest BCUT2D eigenvalue weighted by Crippen LogP contribution is 2.24. The Morgan fingerprint density at radius 1 is 1.37 bits per heavy atom. The van der Waals surface area contributed by atoms with Gasteiger partial charge < -0.3 is 5.73 Å². The maximum Gasteiger partial charge on any atom is 0.243 e. The number of hydrogen-bond donors (Lipinski definition) is 2. The van der Waals surface area contributed by atoms with Crippen LogP contribution in [-0.4, -0.2) is 31.6 Å². The van der Waals surface area contributed by atoms with E-state index in [0.29, 0.717) is 11.6 Å². The summed E-state index contributed by atoms with van der Waals surface area (Å²) < 4.78 is 26.3. The number of benzene rings is 1. The molecule has 1 aromatic carbocycles. The van der Waals surface area contributed by atoms with E-state index in [1.165, 1.54) is 16.4 Å². The zero-order chi connectivity index (χ0) is 14.0. The Kier molecular flexibility index (Phi) is 4.13. The number of nitrogens with one attached hydrogen (secondary N) is 1. The standard InChI is InChI=1S/C12H16ClN3O2S/c13-10-3-5-11(6-4-10)19(17,18)16-7-1-2-9(8-16)12(14)15/h3-6,9H,1-2,7-8H2,(H3,14,15)/t9-/m1/s1. The van der Waals surface area contributed by atoms with Crippen molar-refractivity contribution >= 4 is 27.5 Å². The summed E-state index contributed by atoms with van der Waals surface area (Å²) in [7, 11) is -3.52. The molecule has 1 heterocycles. The molecule has 0 bridgehead atoms. The molecule has 19 heavy (non-hydrogen) atoms. The van der Waals surface area contributed by atoms with Gasteiger partial charge in [0.1, 0.15) is 0 Å². The van der Waals surface area contributed by atoms with Crippen LogP contribution in [0.2, 0.25) is 5.02 Å². The second kappa shape index (κ2) is 5.48. The lowest BCUT2D eigenvalue weighted by Gasteiger charge is -2.31. The Morgan fingerprint density at radius 3 is 2.58 bits per heavy atom. The summed E-state index contributed by atoms with van der Waals surface area (Å²) in [6.07, 6.45) is 1.49. The lowest BCUT2D eigenvalue weighted by atomic mass is 9.99. The third kappa shape index (κ3) is 3.08. The van der Waals surface area contributed by atoms with Crippen LogP contribution in [-0.2, 0) is 10.0 Å². The quantitative estimate of drug-likeness (QED) is 0.657. The summed E-state index contributed by atoms with van der Waals surface area (Å²) >= 11 is 5.76. The molecule has 0 unspecified atom stereocenters. The molecule has 2 rings (SSSR count). The van der Waals surface area contributed by atoms with Crippen LogP contribution in [0.5, 0.6) is 0 Å². The van der Waals surface area contributed by atoms with E-state index in [1.807, 2.05) is 0 Å². The van der Waals surface area contributed by atoms with Crippen LogP contribution >= 0.6 is 11.6 Å². The number of nitrogens with two attached hydrogens (primary N) is 1. The normalized spacial score (nSPS) is 21.2. The average Bonchev–Trinajstić information content (AvgIpc) is 2.39. The summed E-state index contributed by atoms with van der Waals surface area (Å²) in [4.78, 5) is 0.223. The van der Waals surface area contributed by atoms with E-state index < -0.39 is 10.0 Å². The maximum atomic E-state index is 12.4. The van der Waals surface area contributed by atoms with Gasteiger partial charge in [0.25, 0.3) is 0 Å². The molecule has 1 aromatic rings. The molecular weight excluding hydrogens is 286 g/mol. The van der Waals surface area contributed by atoms with E-state index in [-0.39, 0.29) is 23.2 Å². The van der Waals surface area contributed by atoms with E-state index >= 15 is 0 Å². The molecule has 0 saturated carbocycles. The highest BCUT2D eigenvalue weighted by molar-refractivity contribution is 7.89. The first-order valence-corrected chi connectivity index (χ1v) is 7.82. The predicted molar refractivity (Wildman–Crippen MR) is 74.8 cm³/mol. The Labute approximate surface area is 117 Å². The van der Waals surface area contributed by atoms with Gasteiger partial charge >= 0.3 is 0 Å². The molecule has 3 N–H and O–H groups in total. The maximum absolute atomic E-state index is 12.4. The lowest BCUT2D eigenvalue weighted by Crippen LogP contribution is -2.43. The van der Waals surface area contributed by atoms with Crippen LogP contribution in [0.4, 0.5) is 0 Å². The van der Waals surface area contributed by atoms with Crippen molar-refractivity contribution in [3.8, 4) is 0 Å². The first-order chi connectivity index (χ1) is 8.91. The molecule has 7 heteroatoms. The summed E-state index contributed by atoms with van der Waals surface area (Å²) in [5.41, 5.74) is 5.48. The fraction of sp³-hybridized carbons (Fsp3) is 0.417. The number of halogens is 1. The third-order valence-corrected chi connectivity index (χ3v) is 5.41.